The molecular formula is C15H12FO2. The lowest BCUT2D eigenvalue weighted by molar-refractivity contribution is 0.0526. The second kappa shape index (κ2) is 5.45. The van der Waals surface area contributed by atoms with Crippen molar-refractivity contribution in [1.82, 2.24) is 0 Å². The smallest absolute Gasteiger partial charge is 0.338 e. The highest BCUT2D eigenvalue weighted by Crippen LogP contribution is 2.22. The van der Waals surface area contributed by atoms with Gasteiger partial charge in [-0.25, -0.2) is 9.18 Å². The molecule has 0 amide bonds. The van der Waals surface area contributed by atoms with Gasteiger partial charge in [0.15, 0.2) is 0 Å². The number of halogens is 1. The van der Waals surface area contributed by atoms with E-state index in [0.29, 0.717) is 5.56 Å². The number of ether oxygens (including phenoxy) is 1. The van der Waals surface area contributed by atoms with E-state index in [9.17, 15) is 9.18 Å². The molecule has 1 radical (unpaired) electrons. The van der Waals surface area contributed by atoms with Crippen molar-refractivity contribution < 1.29 is 13.9 Å². The molecule has 0 aliphatic heterocycles. The van der Waals surface area contributed by atoms with Crippen LogP contribution >= 0.6 is 0 Å². The van der Waals surface area contributed by atoms with Gasteiger partial charge in [-0.15, -0.1) is 0 Å². The van der Waals surface area contributed by atoms with E-state index in [1.54, 1.807) is 25.1 Å². The molecule has 0 saturated carbocycles. The molecule has 0 aromatic heterocycles. The van der Waals surface area contributed by atoms with Crippen molar-refractivity contribution in [1.29, 1.82) is 0 Å². The summed E-state index contributed by atoms with van der Waals surface area (Å²) in [4.78, 5) is 11.6. The Kier molecular flexibility index (Phi) is 3.72. The van der Waals surface area contributed by atoms with Crippen LogP contribution < -0.4 is 0 Å². The van der Waals surface area contributed by atoms with Gasteiger partial charge >= 0.3 is 5.97 Å². The second-order valence-electron chi connectivity index (χ2n) is 3.74. The third-order valence-electron chi connectivity index (χ3n) is 2.45. The molecule has 0 aliphatic carbocycles. The van der Waals surface area contributed by atoms with Crippen LogP contribution in [0.25, 0.3) is 11.1 Å². The van der Waals surface area contributed by atoms with Gasteiger partial charge in [-0.05, 0) is 48.4 Å². The molecule has 0 fully saturated rings. The van der Waals surface area contributed by atoms with E-state index in [0.717, 1.165) is 5.56 Å². The van der Waals surface area contributed by atoms with Crippen LogP contribution in [0, 0.1) is 11.9 Å². The van der Waals surface area contributed by atoms with Gasteiger partial charge in [-0.2, -0.15) is 0 Å². The molecule has 3 heteroatoms. The highest BCUT2D eigenvalue weighted by atomic mass is 19.1. The number of esters is 1. The van der Waals surface area contributed by atoms with E-state index in [4.69, 9.17) is 4.74 Å². The fraction of sp³-hybridized carbons (Fsp3) is 0.133. The standard InChI is InChI=1S/C15H12FO2/c1-2-18-15(17)13-8-12(9-14(16)10-13)11-6-4-3-5-7-11/h3-4,6-10H,2H2,1H3. The summed E-state index contributed by atoms with van der Waals surface area (Å²) in [5.74, 6) is -0.974. The van der Waals surface area contributed by atoms with Gasteiger partial charge in [0.25, 0.3) is 0 Å². The molecular weight excluding hydrogens is 231 g/mol. The number of rotatable bonds is 3. The van der Waals surface area contributed by atoms with Gasteiger partial charge in [0.1, 0.15) is 5.82 Å². The van der Waals surface area contributed by atoms with Gasteiger partial charge in [0, 0.05) is 0 Å². The summed E-state index contributed by atoms with van der Waals surface area (Å²) >= 11 is 0. The van der Waals surface area contributed by atoms with E-state index in [1.807, 2.05) is 12.1 Å². The maximum Gasteiger partial charge on any atom is 0.338 e. The average Bonchev–Trinajstić information content (AvgIpc) is 2.39. The number of hydrogen-bond acceptors (Lipinski definition) is 2. The normalized spacial score (nSPS) is 10.1. The van der Waals surface area contributed by atoms with Crippen LogP contribution in [-0.2, 0) is 4.74 Å². The summed E-state index contributed by atoms with van der Waals surface area (Å²) in [5.41, 5.74) is 1.66. The summed E-state index contributed by atoms with van der Waals surface area (Å²) < 4.78 is 18.4. The molecule has 0 spiro atoms. The van der Waals surface area contributed by atoms with Crippen LogP contribution in [0.5, 0.6) is 0 Å². The molecule has 0 unspecified atom stereocenters. The van der Waals surface area contributed by atoms with Gasteiger partial charge in [-0.1, -0.05) is 18.2 Å². The van der Waals surface area contributed by atoms with Crippen molar-refractivity contribution >= 4 is 5.97 Å². The lowest BCUT2D eigenvalue weighted by Gasteiger charge is -2.06. The van der Waals surface area contributed by atoms with Crippen LogP contribution in [0.4, 0.5) is 4.39 Å². The van der Waals surface area contributed by atoms with E-state index < -0.39 is 11.8 Å². The van der Waals surface area contributed by atoms with Crippen molar-refractivity contribution in [2.24, 2.45) is 0 Å². The average molecular weight is 243 g/mol. The Bertz CT molecular complexity index is 550. The molecule has 0 saturated heterocycles. The maximum atomic E-state index is 13.5. The topological polar surface area (TPSA) is 26.3 Å². The van der Waals surface area contributed by atoms with E-state index >= 15 is 0 Å². The fourth-order valence-corrected chi connectivity index (χ4v) is 1.66. The van der Waals surface area contributed by atoms with Crippen molar-refractivity contribution in [3.05, 3.63) is 59.9 Å². The van der Waals surface area contributed by atoms with Gasteiger partial charge in [0.05, 0.1) is 12.2 Å². The lowest BCUT2D eigenvalue weighted by Crippen LogP contribution is -2.05. The monoisotopic (exact) mass is 243 g/mol. The molecule has 2 aromatic carbocycles. The molecule has 0 N–H and O–H groups in total. The number of carbonyl (C=O) groups excluding carboxylic acids is 1. The van der Waals surface area contributed by atoms with Gasteiger partial charge in [-0.3, -0.25) is 0 Å². The summed E-state index contributed by atoms with van der Waals surface area (Å²) in [5, 5.41) is 0. The second-order valence-corrected chi connectivity index (χ2v) is 3.74. The Morgan fingerprint density at radius 3 is 2.83 bits per heavy atom. The zero-order valence-electron chi connectivity index (χ0n) is 9.94. The first-order valence-electron chi connectivity index (χ1n) is 5.65. The Labute approximate surface area is 105 Å². The molecule has 0 bridgehead atoms. The third kappa shape index (κ3) is 2.74. The third-order valence-corrected chi connectivity index (χ3v) is 2.45. The highest BCUT2D eigenvalue weighted by molar-refractivity contribution is 5.91. The Balaban J connectivity index is 2.41. The highest BCUT2D eigenvalue weighted by Gasteiger charge is 2.10. The van der Waals surface area contributed by atoms with Crippen molar-refractivity contribution in [3.8, 4) is 11.1 Å². The number of benzene rings is 2. The minimum Gasteiger partial charge on any atom is -0.462 e. The minimum atomic E-state index is -0.516. The predicted octanol–water partition coefficient (Wildman–Crippen LogP) is 3.47. The summed E-state index contributed by atoms with van der Waals surface area (Å²) in [6, 6.07) is 14.2. The lowest BCUT2D eigenvalue weighted by atomic mass is 10.0. The largest absolute Gasteiger partial charge is 0.462 e. The van der Waals surface area contributed by atoms with Gasteiger partial charge < -0.3 is 4.74 Å². The number of hydrogen-bond donors (Lipinski definition) is 0. The molecule has 2 nitrogen and oxygen atoms in total. The van der Waals surface area contributed by atoms with E-state index in [1.165, 1.54) is 12.1 Å². The molecule has 2 aromatic rings. The minimum absolute atomic E-state index is 0.218. The first-order chi connectivity index (χ1) is 8.70. The molecule has 91 valence electrons. The van der Waals surface area contributed by atoms with Crippen molar-refractivity contribution in [3.63, 3.8) is 0 Å². The van der Waals surface area contributed by atoms with Crippen molar-refractivity contribution in [2.75, 3.05) is 6.61 Å². The maximum absolute atomic E-state index is 13.5. The Morgan fingerprint density at radius 1 is 1.33 bits per heavy atom. The van der Waals surface area contributed by atoms with Gasteiger partial charge in [0.2, 0.25) is 0 Å². The summed E-state index contributed by atoms with van der Waals surface area (Å²) in [6.45, 7) is 1.98. The zero-order chi connectivity index (χ0) is 13.0. The Hall–Kier alpha value is -2.16. The van der Waals surface area contributed by atoms with Crippen LogP contribution in [0.3, 0.4) is 0 Å². The summed E-state index contributed by atoms with van der Waals surface area (Å²) in [6.07, 6.45) is 0. The molecule has 0 atom stereocenters. The molecule has 2 rings (SSSR count). The fourth-order valence-electron chi connectivity index (χ4n) is 1.66. The first kappa shape index (κ1) is 12.3. The van der Waals surface area contributed by atoms with E-state index in [2.05, 4.69) is 6.07 Å². The van der Waals surface area contributed by atoms with Crippen LogP contribution in [-0.4, -0.2) is 12.6 Å². The molecule has 0 aliphatic rings. The number of carbonyl (C=O) groups is 1. The van der Waals surface area contributed by atoms with Crippen LogP contribution in [0.1, 0.15) is 17.3 Å². The van der Waals surface area contributed by atoms with Crippen molar-refractivity contribution in [2.45, 2.75) is 6.92 Å². The molecule has 0 heterocycles. The molecule has 18 heavy (non-hydrogen) atoms. The van der Waals surface area contributed by atoms with Crippen LogP contribution in [0.2, 0.25) is 0 Å². The first-order valence-corrected chi connectivity index (χ1v) is 5.65. The predicted molar refractivity (Wildman–Crippen MR) is 66.6 cm³/mol. The Morgan fingerprint density at radius 2 is 2.17 bits per heavy atom. The van der Waals surface area contributed by atoms with Crippen LogP contribution in [0.15, 0.2) is 42.5 Å². The quantitative estimate of drug-likeness (QED) is 0.771. The zero-order valence-corrected chi connectivity index (χ0v) is 9.94. The SMILES string of the molecule is CCOC(=O)c1cc(F)cc(-c2c[c]ccc2)c1. The van der Waals surface area contributed by atoms with E-state index in [-0.39, 0.29) is 12.2 Å². The summed E-state index contributed by atoms with van der Waals surface area (Å²) in [7, 11) is 0.